The SMILES string of the molecule is O=C1c2cccnc2CCN1Cc1ccc(-c2cn3ccnc3cn2)cc1F. The van der Waals surface area contributed by atoms with Crippen molar-refractivity contribution in [2.45, 2.75) is 13.0 Å². The Morgan fingerprint density at radius 3 is 2.93 bits per heavy atom. The Balaban J connectivity index is 1.40. The molecule has 0 spiro atoms. The first kappa shape index (κ1) is 16.6. The summed E-state index contributed by atoms with van der Waals surface area (Å²) in [6.45, 7) is 0.760. The van der Waals surface area contributed by atoms with Crippen molar-refractivity contribution < 1.29 is 9.18 Å². The molecular weight excluding hydrogens is 357 g/mol. The summed E-state index contributed by atoms with van der Waals surface area (Å²) in [4.78, 5) is 27.1. The van der Waals surface area contributed by atoms with Crippen molar-refractivity contribution in [1.82, 2.24) is 24.3 Å². The lowest BCUT2D eigenvalue weighted by molar-refractivity contribution is 0.0723. The van der Waals surface area contributed by atoms with E-state index in [0.717, 1.165) is 11.3 Å². The van der Waals surface area contributed by atoms with Crippen LogP contribution in [0, 0.1) is 5.82 Å². The zero-order chi connectivity index (χ0) is 19.1. The summed E-state index contributed by atoms with van der Waals surface area (Å²) in [7, 11) is 0. The molecule has 138 valence electrons. The molecule has 4 aromatic rings. The van der Waals surface area contributed by atoms with Crippen LogP contribution in [0.25, 0.3) is 16.9 Å². The number of rotatable bonds is 3. The van der Waals surface area contributed by atoms with Gasteiger partial charge in [-0.15, -0.1) is 0 Å². The number of carbonyl (C=O) groups excluding carboxylic acids is 1. The van der Waals surface area contributed by atoms with Crippen molar-refractivity contribution in [1.29, 1.82) is 0 Å². The normalized spacial score (nSPS) is 13.8. The predicted molar refractivity (Wildman–Crippen MR) is 101 cm³/mol. The van der Waals surface area contributed by atoms with Gasteiger partial charge in [0.25, 0.3) is 5.91 Å². The number of nitrogens with zero attached hydrogens (tertiary/aromatic N) is 5. The molecule has 7 heteroatoms. The molecule has 0 N–H and O–H groups in total. The first-order valence-electron chi connectivity index (χ1n) is 9.00. The molecule has 0 saturated carbocycles. The Labute approximate surface area is 160 Å². The van der Waals surface area contributed by atoms with Gasteiger partial charge in [0.1, 0.15) is 5.82 Å². The number of amides is 1. The van der Waals surface area contributed by atoms with Crippen LogP contribution < -0.4 is 0 Å². The first-order chi connectivity index (χ1) is 13.7. The van der Waals surface area contributed by atoms with Crippen LogP contribution >= 0.6 is 0 Å². The second kappa shape index (κ2) is 6.53. The zero-order valence-corrected chi connectivity index (χ0v) is 14.9. The van der Waals surface area contributed by atoms with Crippen LogP contribution in [0.2, 0.25) is 0 Å². The van der Waals surface area contributed by atoms with E-state index < -0.39 is 0 Å². The van der Waals surface area contributed by atoms with Crippen LogP contribution in [-0.4, -0.2) is 36.7 Å². The van der Waals surface area contributed by atoms with Gasteiger partial charge in [0, 0.05) is 55.4 Å². The maximum absolute atomic E-state index is 14.8. The lowest BCUT2D eigenvalue weighted by Gasteiger charge is -2.28. The van der Waals surface area contributed by atoms with Gasteiger partial charge >= 0.3 is 0 Å². The van der Waals surface area contributed by atoms with E-state index in [1.807, 2.05) is 22.9 Å². The number of imidazole rings is 1. The molecule has 6 nitrogen and oxygen atoms in total. The molecule has 0 saturated heterocycles. The van der Waals surface area contributed by atoms with Gasteiger partial charge in [-0.3, -0.25) is 14.8 Å². The lowest BCUT2D eigenvalue weighted by atomic mass is 10.0. The smallest absolute Gasteiger partial charge is 0.256 e. The van der Waals surface area contributed by atoms with Gasteiger partial charge in [-0.1, -0.05) is 12.1 Å². The van der Waals surface area contributed by atoms with Gasteiger partial charge in [-0.2, -0.15) is 0 Å². The quantitative estimate of drug-likeness (QED) is 0.554. The fourth-order valence-corrected chi connectivity index (χ4v) is 3.51. The minimum Gasteiger partial charge on any atom is -0.334 e. The molecule has 0 radical (unpaired) electrons. The second-order valence-electron chi connectivity index (χ2n) is 6.75. The largest absolute Gasteiger partial charge is 0.334 e. The van der Waals surface area contributed by atoms with Gasteiger partial charge < -0.3 is 9.30 Å². The van der Waals surface area contributed by atoms with Crippen molar-refractivity contribution >= 4 is 11.6 Å². The van der Waals surface area contributed by atoms with Crippen molar-refractivity contribution in [3.05, 3.63) is 84.0 Å². The summed E-state index contributed by atoms with van der Waals surface area (Å²) in [6, 6.07) is 8.53. The third kappa shape index (κ3) is 2.81. The molecule has 0 bridgehead atoms. The molecule has 4 heterocycles. The van der Waals surface area contributed by atoms with E-state index in [0.29, 0.717) is 35.3 Å². The number of fused-ring (bicyclic) bond motifs is 2. The zero-order valence-electron chi connectivity index (χ0n) is 14.9. The van der Waals surface area contributed by atoms with Crippen molar-refractivity contribution in [3.8, 4) is 11.3 Å². The second-order valence-corrected chi connectivity index (χ2v) is 6.75. The third-order valence-corrected chi connectivity index (χ3v) is 5.02. The van der Waals surface area contributed by atoms with E-state index in [-0.39, 0.29) is 18.3 Å². The molecule has 1 aromatic carbocycles. The fraction of sp³-hybridized carbons (Fsp3) is 0.143. The Morgan fingerprint density at radius 2 is 2.04 bits per heavy atom. The van der Waals surface area contributed by atoms with E-state index in [4.69, 9.17) is 0 Å². The molecule has 3 aromatic heterocycles. The summed E-state index contributed by atoms with van der Waals surface area (Å²) in [5, 5.41) is 0. The topological polar surface area (TPSA) is 63.4 Å². The van der Waals surface area contributed by atoms with E-state index in [1.165, 1.54) is 6.07 Å². The van der Waals surface area contributed by atoms with Crippen LogP contribution in [0.15, 0.2) is 61.3 Å². The number of halogens is 1. The van der Waals surface area contributed by atoms with Gasteiger partial charge in [0.05, 0.1) is 23.1 Å². The highest BCUT2D eigenvalue weighted by Crippen LogP contribution is 2.23. The van der Waals surface area contributed by atoms with Crippen molar-refractivity contribution in [3.63, 3.8) is 0 Å². The number of hydrogen-bond donors (Lipinski definition) is 0. The number of aromatic nitrogens is 4. The Hall–Kier alpha value is -3.61. The average Bonchev–Trinajstić information content (AvgIpc) is 3.19. The molecule has 1 amide bonds. The molecule has 1 aliphatic rings. The van der Waals surface area contributed by atoms with Crippen molar-refractivity contribution in [2.24, 2.45) is 0 Å². The predicted octanol–water partition coefficient (Wildman–Crippen LogP) is 3.13. The standard InChI is InChI=1S/C21H16FN5O/c22-17-10-14(19-13-26-9-7-24-20(26)11-25-19)3-4-15(17)12-27-8-5-18-16(21(27)28)2-1-6-23-18/h1-4,6-7,9-11,13H,5,8,12H2. The minimum atomic E-state index is -0.352. The van der Waals surface area contributed by atoms with Gasteiger partial charge in [-0.05, 0) is 18.2 Å². The first-order valence-corrected chi connectivity index (χ1v) is 9.00. The lowest BCUT2D eigenvalue weighted by Crippen LogP contribution is -2.37. The minimum absolute atomic E-state index is 0.106. The molecule has 0 aliphatic carbocycles. The van der Waals surface area contributed by atoms with Gasteiger partial charge in [0.15, 0.2) is 5.65 Å². The molecular formula is C21H16FN5O. The summed E-state index contributed by atoms with van der Waals surface area (Å²) >= 11 is 0. The Bertz CT molecular complexity index is 1200. The summed E-state index contributed by atoms with van der Waals surface area (Å²) in [6.07, 6.45) is 9.34. The number of carbonyl (C=O) groups is 1. The highest BCUT2D eigenvalue weighted by molar-refractivity contribution is 5.96. The van der Waals surface area contributed by atoms with E-state index in [2.05, 4.69) is 15.0 Å². The highest BCUT2D eigenvalue weighted by atomic mass is 19.1. The summed E-state index contributed by atoms with van der Waals surface area (Å²) < 4.78 is 16.6. The Kier molecular flexibility index (Phi) is 3.86. The van der Waals surface area contributed by atoms with Crippen LogP contribution in [0.3, 0.4) is 0 Å². The number of pyridine rings is 1. The molecule has 5 rings (SSSR count). The molecule has 28 heavy (non-hydrogen) atoms. The molecule has 1 aliphatic heterocycles. The number of benzene rings is 1. The Morgan fingerprint density at radius 1 is 1.11 bits per heavy atom. The summed E-state index contributed by atoms with van der Waals surface area (Å²) in [5.41, 5.74) is 3.96. The van der Waals surface area contributed by atoms with Gasteiger partial charge in [-0.25, -0.2) is 9.37 Å². The monoisotopic (exact) mass is 373 g/mol. The third-order valence-electron chi connectivity index (χ3n) is 5.02. The molecule has 0 fully saturated rings. The van der Waals surface area contributed by atoms with Crippen LogP contribution in [-0.2, 0) is 13.0 Å². The van der Waals surface area contributed by atoms with Crippen LogP contribution in [0.4, 0.5) is 4.39 Å². The summed E-state index contributed by atoms with van der Waals surface area (Å²) in [5.74, 6) is -0.458. The maximum atomic E-state index is 14.8. The van der Waals surface area contributed by atoms with E-state index in [1.54, 1.807) is 41.7 Å². The van der Waals surface area contributed by atoms with Crippen LogP contribution in [0.5, 0.6) is 0 Å². The van der Waals surface area contributed by atoms with Gasteiger partial charge in [0.2, 0.25) is 0 Å². The van der Waals surface area contributed by atoms with Crippen LogP contribution in [0.1, 0.15) is 21.6 Å². The fourth-order valence-electron chi connectivity index (χ4n) is 3.51. The molecule has 0 atom stereocenters. The van der Waals surface area contributed by atoms with Crippen molar-refractivity contribution in [2.75, 3.05) is 6.54 Å². The maximum Gasteiger partial charge on any atom is 0.256 e. The number of hydrogen-bond acceptors (Lipinski definition) is 4. The van der Waals surface area contributed by atoms with E-state index in [9.17, 15) is 9.18 Å². The average molecular weight is 373 g/mol. The molecule has 0 unspecified atom stereocenters. The van der Waals surface area contributed by atoms with E-state index >= 15 is 0 Å². The highest BCUT2D eigenvalue weighted by Gasteiger charge is 2.25.